The second-order valence-electron chi connectivity index (χ2n) is 7.36. The van der Waals surface area contributed by atoms with Crippen LogP contribution in [0.4, 0.5) is 0 Å². The van der Waals surface area contributed by atoms with E-state index in [1.807, 2.05) is 0 Å². The number of fused-ring (bicyclic) bond motifs is 1. The van der Waals surface area contributed by atoms with E-state index in [0.717, 1.165) is 25.7 Å². The molecule has 3 aliphatic rings. The van der Waals surface area contributed by atoms with Gasteiger partial charge in [-0.3, -0.25) is 0 Å². The van der Waals surface area contributed by atoms with E-state index in [4.69, 9.17) is 18.9 Å². The van der Waals surface area contributed by atoms with E-state index >= 15 is 0 Å². The molecule has 2 heterocycles. The molecule has 1 aliphatic carbocycles. The zero-order valence-corrected chi connectivity index (χ0v) is 17.7. The molecule has 28 heavy (non-hydrogen) atoms. The summed E-state index contributed by atoms with van der Waals surface area (Å²) in [4.78, 5) is 24.3. The van der Waals surface area contributed by atoms with Crippen LogP contribution in [0.3, 0.4) is 0 Å². The highest BCUT2D eigenvalue weighted by molar-refractivity contribution is 8.18. The Hall–Kier alpha value is -1.54. The predicted octanol–water partition coefficient (Wildman–Crippen LogP) is 3.91. The Balaban J connectivity index is 1.58. The lowest BCUT2D eigenvalue weighted by atomic mass is 9.84. The molecule has 1 aromatic carbocycles. The minimum atomic E-state index is -0.613. The number of hydrogen-bond donors (Lipinski definition) is 0. The number of hydrogen-bond acceptors (Lipinski definition) is 8. The number of carbonyl (C=O) groups is 2. The Kier molecular flexibility index (Phi) is 5.44. The fraction of sp³-hybridized carbons (Fsp3) is 0.600. The van der Waals surface area contributed by atoms with Gasteiger partial charge >= 0.3 is 11.9 Å². The highest BCUT2D eigenvalue weighted by atomic mass is 32.2. The van der Waals surface area contributed by atoms with Crippen molar-refractivity contribution in [2.45, 2.75) is 41.8 Å². The fourth-order valence-corrected chi connectivity index (χ4v) is 7.34. The van der Waals surface area contributed by atoms with Crippen molar-refractivity contribution in [3.8, 4) is 11.5 Å². The zero-order valence-electron chi connectivity index (χ0n) is 16.1. The van der Waals surface area contributed by atoms with Crippen LogP contribution < -0.4 is 9.47 Å². The van der Waals surface area contributed by atoms with Crippen LogP contribution in [-0.2, 0) is 9.47 Å². The minimum Gasteiger partial charge on any atom is -0.485 e. The molecule has 6 nitrogen and oxygen atoms in total. The first-order valence-corrected chi connectivity index (χ1v) is 11.4. The minimum absolute atomic E-state index is 0.116. The molecule has 0 aromatic heterocycles. The van der Waals surface area contributed by atoms with Gasteiger partial charge in [-0.05, 0) is 55.7 Å². The summed E-state index contributed by atoms with van der Waals surface area (Å²) in [5.74, 6) is 2.19. The molecule has 1 saturated carbocycles. The van der Waals surface area contributed by atoms with Gasteiger partial charge in [0.15, 0.2) is 11.5 Å². The van der Waals surface area contributed by atoms with Crippen molar-refractivity contribution < 1.29 is 28.5 Å². The van der Waals surface area contributed by atoms with E-state index in [2.05, 4.69) is 23.5 Å². The smallest absolute Gasteiger partial charge is 0.338 e. The van der Waals surface area contributed by atoms with Crippen LogP contribution in [0.15, 0.2) is 12.1 Å². The second-order valence-corrected chi connectivity index (χ2v) is 10.6. The Labute approximate surface area is 173 Å². The van der Waals surface area contributed by atoms with Crippen LogP contribution in [0.1, 0.15) is 52.8 Å². The number of methoxy groups -OCH3 is 2. The number of rotatable bonds is 2. The normalized spacial score (nSPS) is 21.9. The molecule has 1 saturated heterocycles. The Morgan fingerprint density at radius 2 is 1.50 bits per heavy atom. The van der Waals surface area contributed by atoms with Gasteiger partial charge in [0, 0.05) is 0 Å². The monoisotopic (exact) mass is 424 g/mol. The van der Waals surface area contributed by atoms with Crippen molar-refractivity contribution in [1.29, 1.82) is 0 Å². The van der Waals surface area contributed by atoms with Crippen LogP contribution in [0.5, 0.6) is 11.5 Å². The number of thioether (sulfide) groups is 2. The molecule has 0 atom stereocenters. The Morgan fingerprint density at radius 1 is 0.929 bits per heavy atom. The summed E-state index contributed by atoms with van der Waals surface area (Å²) < 4.78 is 22.3. The molecule has 2 spiro atoms. The van der Waals surface area contributed by atoms with Gasteiger partial charge in [0.25, 0.3) is 0 Å². The quantitative estimate of drug-likeness (QED) is 0.662. The lowest BCUT2D eigenvalue weighted by molar-refractivity contribution is -0.0359. The summed E-state index contributed by atoms with van der Waals surface area (Å²) in [6.07, 6.45) is 5.29. The van der Waals surface area contributed by atoms with E-state index in [9.17, 15) is 9.59 Å². The summed E-state index contributed by atoms with van der Waals surface area (Å²) in [7, 11) is 2.55. The van der Waals surface area contributed by atoms with Crippen LogP contribution in [0, 0.1) is 0 Å². The van der Waals surface area contributed by atoms with Crippen molar-refractivity contribution in [1.82, 2.24) is 0 Å². The molecule has 2 aliphatic heterocycles. The lowest BCUT2D eigenvalue weighted by Crippen LogP contribution is -2.50. The van der Waals surface area contributed by atoms with Gasteiger partial charge in [-0.1, -0.05) is 0 Å². The van der Waals surface area contributed by atoms with Crippen molar-refractivity contribution >= 4 is 35.5 Å². The van der Waals surface area contributed by atoms with Crippen molar-refractivity contribution in [2.24, 2.45) is 0 Å². The van der Waals surface area contributed by atoms with Crippen molar-refractivity contribution in [3.63, 3.8) is 0 Å². The van der Waals surface area contributed by atoms with Gasteiger partial charge in [0.05, 0.1) is 29.4 Å². The first-order valence-electron chi connectivity index (χ1n) is 9.44. The molecule has 152 valence electrons. The lowest BCUT2D eigenvalue weighted by Gasteiger charge is -2.48. The van der Waals surface area contributed by atoms with Gasteiger partial charge in [0.2, 0.25) is 0 Å². The molecular weight excluding hydrogens is 400 g/mol. The maximum Gasteiger partial charge on any atom is 0.338 e. The average Bonchev–Trinajstić information content (AvgIpc) is 2.75. The number of ether oxygens (including phenoxy) is 4. The maximum atomic E-state index is 12.2. The predicted molar refractivity (Wildman–Crippen MR) is 109 cm³/mol. The van der Waals surface area contributed by atoms with Crippen LogP contribution in [-0.4, -0.2) is 54.0 Å². The Morgan fingerprint density at radius 3 is 2.07 bits per heavy atom. The SMILES string of the molecule is COC(=O)c1cc2c(cc1C(=O)OC)OC1(CCC3(CC1)SCCCS3)CO2. The summed E-state index contributed by atoms with van der Waals surface area (Å²) in [6.45, 7) is 0.448. The molecule has 0 amide bonds. The third kappa shape index (κ3) is 3.56. The molecule has 4 rings (SSSR count). The highest BCUT2D eigenvalue weighted by Crippen LogP contribution is 2.55. The molecule has 0 N–H and O–H groups in total. The molecule has 0 radical (unpaired) electrons. The van der Waals surface area contributed by atoms with Crippen LogP contribution >= 0.6 is 23.5 Å². The summed E-state index contributed by atoms with van der Waals surface area (Å²) >= 11 is 4.18. The van der Waals surface area contributed by atoms with E-state index in [1.165, 1.54) is 38.2 Å². The Bertz CT molecular complexity index is 777. The van der Waals surface area contributed by atoms with E-state index in [0.29, 0.717) is 22.2 Å². The molecule has 1 aromatic rings. The van der Waals surface area contributed by atoms with Gasteiger partial charge in [0.1, 0.15) is 12.2 Å². The van der Waals surface area contributed by atoms with Gasteiger partial charge < -0.3 is 18.9 Å². The second kappa shape index (κ2) is 7.71. The number of benzene rings is 1. The van der Waals surface area contributed by atoms with E-state index < -0.39 is 11.9 Å². The topological polar surface area (TPSA) is 71.1 Å². The summed E-state index contributed by atoms with van der Waals surface area (Å²) in [6, 6.07) is 3.06. The summed E-state index contributed by atoms with van der Waals surface area (Å²) in [5, 5.41) is 0. The van der Waals surface area contributed by atoms with Crippen molar-refractivity contribution in [3.05, 3.63) is 23.3 Å². The largest absolute Gasteiger partial charge is 0.485 e. The first kappa shape index (κ1) is 19.8. The van der Waals surface area contributed by atoms with E-state index in [1.54, 1.807) is 6.07 Å². The standard InChI is InChI=1S/C20H24O6S2/c1-23-17(21)13-10-15-16(11-14(13)18(22)24-2)26-19(12-25-15)4-6-20(7-5-19)27-8-3-9-28-20/h10-11H,3-9,12H2,1-2H3. The number of carbonyl (C=O) groups excluding carboxylic acids is 2. The third-order valence-electron chi connectivity index (χ3n) is 5.65. The summed E-state index contributed by atoms with van der Waals surface area (Å²) in [5.41, 5.74) is -0.138. The third-order valence-corrected chi connectivity index (χ3v) is 9.22. The fourth-order valence-electron chi connectivity index (χ4n) is 4.02. The maximum absolute atomic E-state index is 12.2. The first-order chi connectivity index (χ1) is 13.5. The van der Waals surface area contributed by atoms with Gasteiger partial charge in [-0.25, -0.2) is 9.59 Å². The molecule has 0 bridgehead atoms. The van der Waals surface area contributed by atoms with Gasteiger partial charge in [-0.2, -0.15) is 0 Å². The molecule has 2 fully saturated rings. The average molecular weight is 425 g/mol. The van der Waals surface area contributed by atoms with Crippen molar-refractivity contribution in [2.75, 3.05) is 32.3 Å². The number of esters is 2. The van der Waals surface area contributed by atoms with E-state index in [-0.39, 0.29) is 16.7 Å². The molecule has 8 heteroatoms. The zero-order chi connectivity index (χ0) is 19.8. The highest BCUT2D eigenvalue weighted by Gasteiger charge is 2.48. The molecular formula is C20H24O6S2. The van der Waals surface area contributed by atoms with Crippen LogP contribution in [0.25, 0.3) is 0 Å². The van der Waals surface area contributed by atoms with Crippen LogP contribution in [0.2, 0.25) is 0 Å². The van der Waals surface area contributed by atoms with Gasteiger partial charge in [-0.15, -0.1) is 23.5 Å². The molecule has 0 unspecified atom stereocenters.